The zero-order valence-electron chi connectivity index (χ0n) is 22.0. The van der Waals surface area contributed by atoms with Crippen LogP contribution in [0.4, 0.5) is 5.82 Å². The van der Waals surface area contributed by atoms with Gasteiger partial charge in [-0.3, -0.25) is 9.59 Å². The molecule has 1 aromatic heterocycles. The fourth-order valence-corrected chi connectivity index (χ4v) is 4.76. The summed E-state index contributed by atoms with van der Waals surface area (Å²) >= 11 is 0. The van der Waals surface area contributed by atoms with Crippen molar-refractivity contribution in [1.82, 2.24) is 15.0 Å². The highest BCUT2D eigenvalue weighted by molar-refractivity contribution is 7.89. The first-order valence-corrected chi connectivity index (χ1v) is 13.8. The Kier molecular flexibility index (Phi) is 9.60. The van der Waals surface area contributed by atoms with E-state index >= 15 is 0 Å². The number of amides is 1. The van der Waals surface area contributed by atoms with Gasteiger partial charge >= 0.3 is 5.97 Å². The SMILES string of the molecule is CNc1cccc(CCc2ccc(C(=O)NC[C@H](NS(=O)(=O)c3ccccc3)C(=O)OC(C)(C)C)cc2)n1. The Hall–Kier alpha value is -3.76. The molecule has 0 spiro atoms. The Morgan fingerprint density at radius 1 is 0.921 bits per heavy atom. The number of esters is 1. The molecule has 1 atom stereocenters. The molecule has 0 aliphatic carbocycles. The molecule has 3 rings (SSSR count). The molecule has 0 bridgehead atoms. The van der Waals surface area contributed by atoms with Crippen LogP contribution in [0.2, 0.25) is 0 Å². The van der Waals surface area contributed by atoms with E-state index in [9.17, 15) is 18.0 Å². The number of carbonyl (C=O) groups excluding carboxylic acids is 2. The molecule has 202 valence electrons. The number of hydrogen-bond donors (Lipinski definition) is 3. The Bertz CT molecular complexity index is 1340. The number of aromatic nitrogens is 1. The summed E-state index contributed by atoms with van der Waals surface area (Å²) in [6.07, 6.45) is 1.50. The minimum absolute atomic E-state index is 0.00311. The lowest BCUT2D eigenvalue weighted by atomic mass is 10.1. The number of sulfonamides is 1. The van der Waals surface area contributed by atoms with Crippen molar-refractivity contribution in [1.29, 1.82) is 0 Å². The Morgan fingerprint density at radius 2 is 1.61 bits per heavy atom. The Morgan fingerprint density at radius 3 is 2.24 bits per heavy atom. The topological polar surface area (TPSA) is 126 Å². The van der Waals surface area contributed by atoms with Crippen LogP contribution in [0.5, 0.6) is 0 Å². The van der Waals surface area contributed by atoms with Gasteiger partial charge in [0.2, 0.25) is 10.0 Å². The van der Waals surface area contributed by atoms with Crippen molar-refractivity contribution in [2.45, 2.75) is 50.2 Å². The van der Waals surface area contributed by atoms with Crippen molar-refractivity contribution in [3.05, 3.63) is 89.6 Å². The van der Waals surface area contributed by atoms with Crippen LogP contribution in [0, 0.1) is 0 Å². The fourth-order valence-electron chi connectivity index (χ4n) is 3.55. The maximum Gasteiger partial charge on any atom is 0.326 e. The van der Waals surface area contributed by atoms with Gasteiger partial charge in [0, 0.05) is 24.8 Å². The van der Waals surface area contributed by atoms with Crippen LogP contribution in [0.3, 0.4) is 0 Å². The molecule has 38 heavy (non-hydrogen) atoms. The van der Waals surface area contributed by atoms with Crippen molar-refractivity contribution in [2.24, 2.45) is 0 Å². The van der Waals surface area contributed by atoms with E-state index in [4.69, 9.17) is 4.74 Å². The van der Waals surface area contributed by atoms with Crippen LogP contribution < -0.4 is 15.4 Å². The molecule has 1 amide bonds. The second-order valence-electron chi connectivity index (χ2n) is 9.69. The van der Waals surface area contributed by atoms with E-state index in [0.29, 0.717) is 5.56 Å². The van der Waals surface area contributed by atoms with Gasteiger partial charge in [-0.2, -0.15) is 4.72 Å². The third-order valence-corrected chi connectivity index (χ3v) is 6.95. The number of ether oxygens (including phenoxy) is 1. The van der Waals surface area contributed by atoms with E-state index in [2.05, 4.69) is 20.3 Å². The number of nitrogens with one attached hydrogen (secondary N) is 3. The number of carbonyl (C=O) groups is 2. The summed E-state index contributed by atoms with van der Waals surface area (Å²) in [7, 11) is -2.20. The minimum atomic E-state index is -4.02. The fraction of sp³-hybridized carbons (Fsp3) is 0.321. The molecule has 2 aromatic carbocycles. The van der Waals surface area contributed by atoms with Crippen molar-refractivity contribution < 1.29 is 22.7 Å². The normalized spacial score (nSPS) is 12.4. The predicted molar refractivity (Wildman–Crippen MR) is 146 cm³/mol. The predicted octanol–water partition coefficient (Wildman–Crippen LogP) is 3.33. The van der Waals surface area contributed by atoms with E-state index in [1.54, 1.807) is 51.1 Å². The first kappa shape index (κ1) is 28.8. The van der Waals surface area contributed by atoms with Gasteiger partial charge in [0.05, 0.1) is 4.90 Å². The first-order valence-electron chi connectivity index (χ1n) is 12.3. The van der Waals surface area contributed by atoms with Crippen LogP contribution >= 0.6 is 0 Å². The van der Waals surface area contributed by atoms with Gasteiger partial charge in [-0.05, 0) is 75.6 Å². The average molecular weight is 539 g/mol. The van der Waals surface area contributed by atoms with Crippen molar-refractivity contribution >= 4 is 27.7 Å². The molecule has 3 N–H and O–H groups in total. The smallest absolute Gasteiger partial charge is 0.326 e. The van der Waals surface area contributed by atoms with Gasteiger partial charge < -0.3 is 15.4 Å². The van der Waals surface area contributed by atoms with Crippen molar-refractivity contribution in [3.63, 3.8) is 0 Å². The summed E-state index contributed by atoms with van der Waals surface area (Å²) in [5.74, 6) is -0.415. The standard InChI is InChI=1S/C28H34N4O5S/c1-28(2,3)37-27(34)24(32-38(35,36)23-10-6-5-7-11-23)19-30-26(33)21-16-13-20(14-17-21)15-18-22-9-8-12-25(29-4)31-22/h5-14,16-17,24,32H,15,18-19H2,1-4H3,(H,29,31)(H,30,33)/t24-/m0/s1. The first-order chi connectivity index (χ1) is 18.0. The zero-order valence-corrected chi connectivity index (χ0v) is 22.8. The van der Waals surface area contributed by atoms with Gasteiger partial charge in [0.25, 0.3) is 5.91 Å². The van der Waals surface area contributed by atoms with Crippen LogP contribution in [-0.4, -0.2) is 50.5 Å². The number of rotatable bonds is 11. The molecule has 9 nitrogen and oxygen atoms in total. The number of pyridine rings is 1. The summed E-state index contributed by atoms with van der Waals surface area (Å²) in [5.41, 5.74) is 1.56. The lowest BCUT2D eigenvalue weighted by molar-refractivity contribution is -0.156. The monoisotopic (exact) mass is 538 g/mol. The molecule has 0 aliphatic heterocycles. The zero-order chi connectivity index (χ0) is 27.8. The second kappa shape index (κ2) is 12.7. The molecule has 0 radical (unpaired) electrons. The molecule has 3 aromatic rings. The van der Waals surface area contributed by atoms with E-state index in [1.165, 1.54) is 12.1 Å². The summed E-state index contributed by atoms with van der Waals surface area (Å²) in [5, 5.41) is 5.67. The largest absolute Gasteiger partial charge is 0.459 e. The van der Waals surface area contributed by atoms with Gasteiger partial charge in [0.15, 0.2) is 0 Å². The molecule has 0 unspecified atom stereocenters. The van der Waals surface area contributed by atoms with Crippen molar-refractivity contribution in [2.75, 3.05) is 18.9 Å². The lowest BCUT2D eigenvalue weighted by Crippen LogP contribution is -2.50. The average Bonchev–Trinajstić information content (AvgIpc) is 2.89. The van der Waals surface area contributed by atoms with Crippen LogP contribution in [-0.2, 0) is 32.4 Å². The molecule has 0 saturated heterocycles. The summed E-state index contributed by atoms with van der Waals surface area (Å²) in [4.78, 5) is 30.1. The minimum Gasteiger partial charge on any atom is -0.459 e. The number of nitrogens with zero attached hydrogens (tertiary/aromatic N) is 1. The number of benzene rings is 2. The maximum absolute atomic E-state index is 12.8. The quantitative estimate of drug-likeness (QED) is 0.320. The number of hydrogen-bond acceptors (Lipinski definition) is 7. The third kappa shape index (κ3) is 8.67. The van der Waals surface area contributed by atoms with Crippen LogP contribution in [0.1, 0.15) is 42.4 Å². The molecule has 1 heterocycles. The molecule has 10 heteroatoms. The van der Waals surface area contributed by atoms with Gasteiger partial charge in [-0.1, -0.05) is 36.4 Å². The van der Waals surface area contributed by atoms with Crippen LogP contribution in [0.15, 0.2) is 77.7 Å². The second-order valence-corrected chi connectivity index (χ2v) is 11.4. The molecular formula is C28H34N4O5S. The Balaban J connectivity index is 1.64. The molecule has 0 fully saturated rings. The van der Waals surface area contributed by atoms with E-state index in [1.807, 2.05) is 37.4 Å². The molecular weight excluding hydrogens is 504 g/mol. The summed E-state index contributed by atoms with van der Waals surface area (Å²) in [6.45, 7) is 4.76. The molecule has 0 aliphatic rings. The summed E-state index contributed by atoms with van der Waals surface area (Å²) in [6, 6.07) is 19.3. The lowest BCUT2D eigenvalue weighted by Gasteiger charge is -2.24. The highest BCUT2D eigenvalue weighted by Gasteiger charge is 2.30. The van der Waals surface area contributed by atoms with Crippen LogP contribution in [0.25, 0.3) is 0 Å². The highest BCUT2D eigenvalue weighted by Crippen LogP contribution is 2.13. The highest BCUT2D eigenvalue weighted by atomic mass is 32.2. The van der Waals surface area contributed by atoms with Crippen molar-refractivity contribution in [3.8, 4) is 0 Å². The van der Waals surface area contributed by atoms with E-state index < -0.39 is 33.5 Å². The Labute approximate surface area is 224 Å². The maximum atomic E-state index is 12.8. The molecule has 0 saturated carbocycles. The number of anilines is 1. The van der Waals surface area contributed by atoms with Gasteiger partial charge in [-0.15, -0.1) is 0 Å². The van der Waals surface area contributed by atoms with Gasteiger partial charge in [0.1, 0.15) is 17.5 Å². The third-order valence-electron chi connectivity index (χ3n) is 5.46. The van der Waals surface area contributed by atoms with Gasteiger partial charge in [-0.25, -0.2) is 13.4 Å². The number of aryl methyl sites for hydroxylation is 2. The van der Waals surface area contributed by atoms with E-state index in [-0.39, 0.29) is 11.4 Å². The summed E-state index contributed by atoms with van der Waals surface area (Å²) < 4.78 is 33.4. The van der Waals surface area contributed by atoms with E-state index in [0.717, 1.165) is 29.9 Å².